The van der Waals surface area contributed by atoms with Crippen molar-refractivity contribution in [3.8, 4) is 0 Å². The van der Waals surface area contributed by atoms with Crippen molar-refractivity contribution in [1.29, 1.82) is 0 Å². The summed E-state index contributed by atoms with van der Waals surface area (Å²) < 4.78 is 0. The van der Waals surface area contributed by atoms with Gasteiger partial charge in [-0.3, -0.25) is 4.84 Å². The van der Waals surface area contributed by atoms with Crippen molar-refractivity contribution < 1.29 is 9.94 Å². The summed E-state index contributed by atoms with van der Waals surface area (Å²) in [6, 6.07) is 0. The quantitative estimate of drug-likeness (QED) is 0.577. The Morgan fingerprint density at radius 3 is 2.30 bits per heavy atom. The fraction of sp³-hybridized carbons (Fsp3) is 1.00. The number of aliphatic hydroxyl groups excluding tert-OH is 1. The Morgan fingerprint density at radius 2 is 2.00 bits per heavy atom. The van der Waals surface area contributed by atoms with Gasteiger partial charge in [-0.2, -0.15) is 5.48 Å². The molecule has 0 saturated carbocycles. The third kappa shape index (κ3) is 7.88. The van der Waals surface area contributed by atoms with Crippen molar-refractivity contribution >= 4 is 0 Å². The third-order valence-electron chi connectivity index (χ3n) is 0.757. The molecule has 0 unspecified atom stereocenters. The number of rotatable bonds is 3. The Labute approximate surface area is 62.3 Å². The summed E-state index contributed by atoms with van der Waals surface area (Å²) in [7, 11) is 0. The molecule has 0 spiro atoms. The normalized spacial score (nSPS) is 15.3. The lowest BCUT2D eigenvalue weighted by Gasteiger charge is -2.19. The molecule has 0 rings (SSSR count). The molecule has 10 heavy (non-hydrogen) atoms. The molecular formula is C7H17NO2. The topological polar surface area (TPSA) is 41.5 Å². The summed E-state index contributed by atoms with van der Waals surface area (Å²) in [5, 5.41) is 8.81. The second kappa shape index (κ2) is 3.91. The Bertz CT molecular complexity index is 86.1. The molecule has 0 aliphatic carbocycles. The zero-order valence-electron chi connectivity index (χ0n) is 7.14. The van der Waals surface area contributed by atoms with Gasteiger partial charge >= 0.3 is 0 Å². The van der Waals surface area contributed by atoms with E-state index in [2.05, 4.69) is 5.48 Å². The lowest BCUT2D eigenvalue weighted by molar-refractivity contribution is -0.0817. The van der Waals surface area contributed by atoms with Gasteiger partial charge in [0, 0.05) is 6.54 Å². The number of aliphatic hydroxyl groups is 1. The van der Waals surface area contributed by atoms with Crippen molar-refractivity contribution in [2.24, 2.45) is 0 Å². The predicted octanol–water partition coefficient (Wildman–Crippen LogP) is 0.687. The molecule has 2 N–H and O–H groups in total. The van der Waals surface area contributed by atoms with E-state index in [1.165, 1.54) is 0 Å². The highest BCUT2D eigenvalue weighted by atomic mass is 16.7. The van der Waals surface area contributed by atoms with Crippen molar-refractivity contribution in [3.63, 3.8) is 0 Å². The highest BCUT2D eigenvalue weighted by Crippen LogP contribution is 2.02. The van der Waals surface area contributed by atoms with Crippen molar-refractivity contribution in [2.75, 3.05) is 6.54 Å². The van der Waals surface area contributed by atoms with E-state index < -0.39 is 0 Å². The molecule has 1 atom stereocenters. The first-order chi connectivity index (χ1) is 4.42. The fourth-order valence-corrected chi connectivity index (χ4v) is 0.379. The summed E-state index contributed by atoms with van der Waals surface area (Å²) in [6.07, 6.45) is -0.359. The average Bonchev–Trinajstić information content (AvgIpc) is 1.59. The zero-order valence-corrected chi connectivity index (χ0v) is 7.14. The van der Waals surface area contributed by atoms with Crippen LogP contribution < -0.4 is 5.48 Å². The largest absolute Gasteiger partial charge is 0.392 e. The first kappa shape index (κ1) is 9.88. The molecule has 0 fully saturated rings. The number of hydrogen-bond donors (Lipinski definition) is 2. The maximum absolute atomic E-state index is 8.81. The number of hydrogen-bond acceptors (Lipinski definition) is 3. The van der Waals surface area contributed by atoms with Crippen LogP contribution in [-0.2, 0) is 4.84 Å². The molecule has 0 aliphatic heterocycles. The van der Waals surface area contributed by atoms with Crippen LogP contribution in [0.2, 0.25) is 0 Å². The molecule has 0 aromatic rings. The van der Waals surface area contributed by atoms with E-state index in [0.717, 1.165) is 0 Å². The molecule has 62 valence electrons. The second-order valence-electron chi connectivity index (χ2n) is 3.41. The lowest BCUT2D eigenvalue weighted by Crippen LogP contribution is -2.33. The summed E-state index contributed by atoms with van der Waals surface area (Å²) in [5.74, 6) is 0. The van der Waals surface area contributed by atoms with Crippen molar-refractivity contribution in [3.05, 3.63) is 0 Å². The van der Waals surface area contributed by atoms with Gasteiger partial charge in [0.05, 0.1) is 11.7 Å². The Hall–Kier alpha value is -0.120. The van der Waals surface area contributed by atoms with Gasteiger partial charge in [0.25, 0.3) is 0 Å². The monoisotopic (exact) mass is 147 g/mol. The number of hydroxylamine groups is 1. The molecule has 0 heterocycles. The minimum atomic E-state index is -0.359. The van der Waals surface area contributed by atoms with Gasteiger partial charge in [-0.1, -0.05) is 0 Å². The average molecular weight is 147 g/mol. The molecule has 0 aromatic carbocycles. The zero-order chi connectivity index (χ0) is 8.20. The summed E-state index contributed by atoms with van der Waals surface area (Å²) in [4.78, 5) is 5.13. The molecular weight excluding hydrogens is 130 g/mol. The smallest absolute Gasteiger partial charge is 0.0812 e. The summed E-state index contributed by atoms with van der Waals surface area (Å²) >= 11 is 0. The van der Waals surface area contributed by atoms with Crippen LogP contribution in [0.3, 0.4) is 0 Å². The molecule has 0 radical (unpaired) electrons. The standard InChI is InChI=1S/C7H17NO2/c1-6(9)5-8-10-7(2,3)4/h6,8-9H,5H2,1-4H3/t6-/m1/s1. The van der Waals surface area contributed by atoms with E-state index in [9.17, 15) is 0 Å². The first-order valence-corrected chi connectivity index (χ1v) is 3.51. The molecule has 0 aliphatic rings. The van der Waals surface area contributed by atoms with E-state index in [0.29, 0.717) is 6.54 Å². The van der Waals surface area contributed by atoms with Crippen LogP contribution in [0.5, 0.6) is 0 Å². The van der Waals surface area contributed by atoms with Gasteiger partial charge < -0.3 is 5.11 Å². The highest BCUT2D eigenvalue weighted by molar-refractivity contribution is 4.57. The molecule has 3 nitrogen and oxygen atoms in total. The fourth-order valence-electron chi connectivity index (χ4n) is 0.379. The highest BCUT2D eigenvalue weighted by Gasteiger charge is 2.09. The Balaban J connectivity index is 3.21. The SMILES string of the molecule is C[C@@H](O)CNOC(C)(C)C. The maximum Gasteiger partial charge on any atom is 0.0812 e. The molecule has 0 amide bonds. The predicted molar refractivity (Wildman–Crippen MR) is 40.5 cm³/mol. The molecule has 3 heteroatoms. The van der Waals surface area contributed by atoms with E-state index in [1.54, 1.807) is 6.92 Å². The van der Waals surface area contributed by atoms with E-state index >= 15 is 0 Å². The van der Waals surface area contributed by atoms with Crippen LogP contribution in [0.4, 0.5) is 0 Å². The Kier molecular flexibility index (Phi) is 3.86. The van der Waals surface area contributed by atoms with E-state index in [4.69, 9.17) is 9.94 Å². The Morgan fingerprint density at radius 1 is 1.50 bits per heavy atom. The van der Waals surface area contributed by atoms with Crippen LogP contribution in [0.15, 0.2) is 0 Å². The van der Waals surface area contributed by atoms with Crippen LogP contribution in [0.1, 0.15) is 27.7 Å². The molecule has 0 saturated heterocycles. The first-order valence-electron chi connectivity index (χ1n) is 3.51. The van der Waals surface area contributed by atoms with Crippen LogP contribution >= 0.6 is 0 Å². The van der Waals surface area contributed by atoms with Gasteiger partial charge in [0.1, 0.15) is 0 Å². The van der Waals surface area contributed by atoms with Crippen molar-refractivity contribution in [1.82, 2.24) is 5.48 Å². The van der Waals surface area contributed by atoms with Crippen LogP contribution in [-0.4, -0.2) is 23.4 Å². The van der Waals surface area contributed by atoms with E-state index in [-0.39, 0.29) is 11.7 Å². The van der Waals surface area contributed by atoms with Crippen LogP contribution in [0, 0.1) is 0 Å². The van der Waals surface area contributed by atoms with Crippen LogP contribution in [0.25, 0.3) is 0 Å². The minimum absolute atomic E-state index is 0.186. The van der Waals surface area contributed by atoms with Crippen molar-refractivity contribution in [2.45, 2.75) is 39.4 Å². The van der Waals surface area contributed by atoms with Gasteiger partial charge in [0.15, 0.2) is 0 Å². The summed E-state index contributed by atoms with van der Waals surface area (Å²) in [6.45, 7) is 8.02. The minimum Gasteiger partial charge on any atom is -0.392 e. The van der Waals surface area contributed by atoms with Gasteiger partial charge in [-0.25, -0.2) is 0 Å². The number of nitrogens with one attached hydrogen (secondary N) is 1. The van der Waals surface area contributed by atoms with E-state index in [1.807, 2.05) is 20.8 Å². The van der Waals surface area contributed by atoms with Gasteiger partial charge in [-0.15, -0.1) is 0 Å². The molecule has 0 aromatic heterocycles. The maximum atomic E-state index is 8.81. The summed E-state index contributed by atoms with van der Waals surface area (Å²) in [5.41, 5.74) is 2.49. The second-order valence-corrected chi connectivity index (χ2v) is 3.41. The lowest BCUT2D eigenvalue weighted by atomic mass is 10.2. The molecule has 0 bridgehead atoms. The third-order valence-corrected chi connectivity index (χ3v) is 0.757. The van der Waals surface area contributed by atoms with Gasteiger partial charge in [-0.05, 0) is 27.7 Å². The van der Waals surface area contributed by atoms with Gasteiger partial charge in [0.2, 0.25) is 0 Å².